The fourth-order valence-electron chi connectivity index (χ4n) is 6.45. The van der Waals surface area contributed by atoms with E-state index in [4.69, 9.17) is 11.3 Å². The first-order chi connectivity index (χ1) is 24.3. The smallest absolute Gasteiger partial charge is 0.135 e. The predicted molar refractivity (Wildman–Crippen MR) is 183 cm³/mol. The number of rotatable bonds is 3. The fourth-order valence-corrected chi connectivity index (χ4v) is 6.45. The number of furan rings is 1. The molecule has 0 fully saturated rings. The van der Waals surface area contributed by atoms with Crippen LogP contribution in [0.15, 0.2) is 162 Å². The normalized spacial score (nSPS) is 14.0. The summed E-state index contributed by atoms with van der Waals surface area (Å²) < 4.78 is 67.4. The van der Waals surface area contributed by atoms with Crippen LogP contribution in [0.25, 0.3) is 87.6 Å². The van der Waals surface area contributed by atoms with Crippen molar-refractivity contribution >= 4 is 54.3 Å². The lowest BCUT2D eigenvalue weighted by Gasteiger charge is -2.19. The Balaban J connectivity index is 1.43. The SMILES string of the molecule is [2H]c1c([2H])c([2H])c2c(oc3c([2H])c([2H])c(-c4c5ccccc5c(-c5cc(-c6ccccc6)c6ccccc6c5)c5ccccc45)c([2H])c32)c1[2H]. The van der Waals surface area contributed by atoms with Crippen LogP contribution in [0, 0.1) is 0 Å². The third kappa shape index (κ3) is 3.72. The number of benzene rings is 8. The number of para-hydroxylation sites is 1. The molecule has 8 aromatic carbocycles. The molecular formula is C42H26O. The lowest BCUT2D eigenvalue weighted by Crippen LogP contribution is -1.92. The van der Waals surface area contributed by atoms with E-state index < -0.39 is 12.1 Å². The molecule has 9 aromatic rings. The van der Waals surface area contributed by atoms with Gasteiger partial charge in [-0.1, -0.05) is 127 Å². The first-order valence-corrected chi connectivity index (χ1v) is 14.2. The predicted octanol–water partition coefficient (Wildman–Crippen LogP) is 12.0. The van der Waals surface area contributed by atoms with E-state index in [1.54, 1.807) is 0 Å². The number of hydrogen-bond donors (Lipinski definition) is 0. The Kier molecular flexibility index (Phi) is 3.95. The number of hydrogen-bond acceptors (Lipinski definition) is 1. The molecule has 9 rings (SSSR count). The minimum absolute atomic E-state index is 0.0422. The van der Waals surface area contributed by atoms with E-state index in [0.29, 0.717) is 5.56 Å². The Bertz CT molecular complexity index is 2840. The van der Waals surface area contributed by atoms with Gasteiger partial charge in [-0.2, -0.15) is 0 Å². The maximum absolute atomic E-state index is 9.57. The lowest BCUT2D eigenvalue weighted by atomic mass is 9.84. The van der Waals surface area contributed by atoms with Crippen molar-refractivity contribution in [1.29, 1.82) is 0 Å². The van der Waals surface area contributed by atoms with Crippen LogP contribution in [0.4, 0.5) is 0 Å². The van der Waals surface area contributed by atoms with Gasteiger partial charge in [-0.15, -0.1) is 0 Å². The van der Waals surface area contributed by atoms with Crippen molar-refractivity contribution in [3.63, 3.8) is 0 Å². The summed E-state index contributed by atoms with van der Waals surface area (Å²) in [7, 11) is 0. The summed E-state index contributed by atoms with van der Waals surface area (Å²) in [6.07, 6.45) is 0. The molecule has 0 bridgehead atoms. The zero-order valence-corrected chi connectivity index (χ0v) is 22.9. The topological polar surface area (TPSA) is 13.1 Å². The minimum Gasteiger partial charge on any atom is -0.456 e. The third-order valence-corrected chi connectivity index (χ3v) is 8.30. The average molecular weight is 554 g/mol. The van der Waals surface area contributed by atoms with Crippen molar-refractivity contribution < 1.29 is 14.0 Å². The second-order valence-electron chi connectivity index (χ2n) is 10.7. The molecule has 1 nitrogen and oxygen atoms in total. The first kappa shape index (κ1) is 18.0. The summed E-state index contributed by atoms with van der Waals surface area (Å²) in [5.41, 5.74) is 4.85. The molecule has 0 aliphatic carbocycles. The van der Waals surface area contributed by atoms with Gasteiger partial charge in [-0.3, -0.25) is 0 Å². The molecule has 200 valence electrons. The van der Waals surface area contributed by atoms with Gasteiger partial charge < -0.3 is 4.42 Å². The van der Waals surface area contributed by atoms with Crippen LogP contribution in [0.2, 0.25) is 0 Å². The Labute approximate surface area is 259 Å². The molecule has 0 radical (unpaired) electrons. The molecule has 0 unspecified atom stereocenters. The van der Waals surface area contributed by atoms with Gasteiger partial charge in [0.15, 0.2) is 0 Å². The maximum atomic E-state index is 9.57. The summed E-state index contributed by atoms with van der Waals surface area (Å²) in [5, 5.41) is 5.82. The highest BCUT2D eigenvalue weighted by molar-refractivity contribution is 6.23. The van der Waals surface area contributed by atoms with Crippen LogP contribution in [0.3, 0.4) is 0 Å². The summed E-state index contributed by atoms with van der Waals surface area (Å²) >= 11 is 0. The zero-order valence-electron chi connectivity index (χ0n) is 29.9. The molecule has 1 aromatic heterocycles. The first-order valence-electron chi connectivity index (χ1n) is 17.7. The molecule has 0 amide bonds. The van der Waals surface area contributed by atoms with E-state index >= 15 is 0 Å². The summed E-state index contributed by atoms with van der Waals surface area (Å²) in [6, 6.07) is 36.8. The molecule has 0 saturated heterocycles. The summed E-state index contributed by atoms with van der Waals surface area (Å²) in [4.78, 5) is 0. The van der Waals surface area contributed by atoms with E-state index in [2.05, 4.69) is 54.6 Å². The van der Waals surface area contributed by atoms with E-state index in [9.17, 15) is 2.74 Å². The van der Waals surface area contributed by atoms with Crippen LogP contribution in [0.1, 0.15) is 9.60 Å². The van der Waals surface area contributed by atoms with Crippen molar-refractivity contribution in [3.05, 3.63) is 158 Å². The van der Waals surface area contributed by atoms with Gasteiger partial charge in [0.25, 0.3) is 0 Å². The Morgan fingerprint density at radius 1 is 0.419 bits per heavy atom. The second kappa shape index (κ2) is 9.44. The highest BCUT2D eigenvalue weighted by Crippen LogP contribution is 2.46. The Morgan fingerprint density at radius 2 is 1.00 bits per heavy atom. The van der Waals surface area contributed by atoms with E-state index in [1.165, 1.54) is 0 Å². The molecule has 0 spiro atoms. The molecule has 1 heteroatoms. The summed E-state index contributed by atoms with van der Waals surface area (Å²) in [5.74, 6) is 0. The standard InChI is InChI=1S/C42H26O/c1-2-12-27(13-3-1)37-26-30(24-28-14-4-5-15-31(28)37)42-35-19-8-6-17-33(35)41(34-18-7-9-20-36(34)42)29-22-23-40-38(25-29)32-16-10-11-21-39(32)43-40/h1-26H/i10D,11D,16D,21D,22D,23D,25D. The monoisotopic (exact) mass is 553 g/mol. The van der Waals surface area contributed by atoms with Crippen molar-refractivity contribution in [2.45, 2.75) is 0 Å². The second-order valence-corrected chi connectivity index (χ2v) is 10.7. The minimum atomic E-state index is -0.456. The average Bonchev–Trinajstić information content (AvgIpc) is 3.56. The molecular weight excluding hydrogens is 520 g/mol. The van der Waals surface area contributed by atoms with Gasteiger partial charge in [-0.05, 0) is 96.0 Å². The van der Waals surface area contributed by atoms with Gasteiger partial charge in [0.2, 0.25) is 0 Å². The summed E-state index contributed by atoms with van der Waals surface area (Å²) in [6.45, 7) is 0. The lowest BCUT2D eigenvalue weighted by molar-refractivity contribution is 0.669. The molecule has 0 atom stereocenters. The van der Waals surface area contributed by atoms with E-state index in [0.717, 1.165) is 54.6 Å². The van der Waals surface area contributed by atoms with Gasteiger partial charge in [0.1, 0.15) is 11.2 Å². The molecule has 43 heavy (non-hydrogen) atoms. The quantitative estimate of drug-likeness (QED) is 0.198. The largest absolute Gasteiger partial charge is 0.456 e. The van der Waals surface area contributed by atoms with Gasteiger partial charge in [-0.25, -0.2) is 0 Å². The third-order valence-electron chi connectivity index (χ3n) is 8.30. The van der Waals surface area contributed by atoms with E-state index in [1.807, 2.05) is 60.7 Å². The fraction of sp³-hybridized carbons (Fsp3) is 0. The Hall–Kier alpha value is -5.66. The van der Waals surface area contributed by atoms with Crippen LogP contribution in [0.5, 0.6) is 0 Å². The molecule has 0 saturated carbocycles. The van der Waals surface area contributed by atoms with Crippen molar-refractivity contribution in [1.82, 2.24) is 0 Å². The van der Waals surface area contributed by atoms with Gasteiger partial charge in [0, 0.05) is 10.8 Å². The molecule has 1 heterocycles. The van der Waals surface area contributed by atoms with Gasteiger partial charge in [0.05, 0.1) is 9.60 Å². The van der Waals surface area contributed by atoms with Crippen LogP contribution in [-0.2, 0) is 0 Å². The highest BCUT2D eigenvalue weighted by atomic mass is 16.3. The van der Waals surface area contributed by atoms with Crippen molar-refractivity contribution in [2.75, 3.05) is 0 Å². The van der Waals surface area contributed by atoms with E-state index in [-0.39, 0.29) is 57.7 Å². The highest BCUT2D eigenvalue weighted by Gasteiger charge is 2.19. The van der Waals surface area contributed by atoms with Crippen molar-refractivity contribution in [3.8, 4) is 33.4 Å². The van der Waals surface area contributed by atoms with Gasteiger partial charge >= 0.3 is 0 Å². The van der Waals surface area contributed by atoms with Crippen molar-refractivity contribution in [2.24, 2.45) is 0 Å². The zero-order chi connectivity index (χ0) is 34.4. The van der Waals surface area contributed by atoms with Crippen LogP contribution >= 0.6 is 0 Å². The Morgan fingerprint density at radius 3 is 1.72 bits per heavy atom. The van der Waals surface area contributed by atoms with Crippen LogP contribution < -0.4 is 0 Å². The molecule has 0 N–H and O–H groups in total. The maximum Gasteiger partial charge on any atom is 0.135 e. The molecule has 0 aliphatic rings. The molecule has 0 aliphatic heterocycles. The van der Waals surface area contributed by atoms with Crippen LogP contribution in [-0.4, -0.2) is 0 Å². The number of fused-ring (bicyclic) bond motifs is 6.